The van der Waals surface area contributed by atoms with Gasteiger partial charge in [-0.2, -0.15) is 0 Å². The first-order chi connectivity index (χ1) is 9.15. The lowest BCUT2D eigenvalue weighted by atomic mass is 9.87. The molecule has 104 valence electrons. The van der Waals surface area contributed by atoms with Gasteiger partial charge >= 0.3 is 0 Å². The standard InChI is InChI=1S/C16H24N2O/c1-16(9-5-6-10-16)15(19)18(12-11-17)13-14-7-3-2-4-8-14/h2-4,7-8H,5-6,9-13,17H2,1H3. The van der Waals surface area contributed by atoms with E-state index >= 15 is 0 Å². The van der Waals surface area contributed by atoms with Crippen molar-refractivity contribution in [3.63, 3.8) is 0 Å². The number of rotatable bonds is 5. The fraction of sp³-hybridized carbons (Fsp3) is 0.562. The van der Waals surface area contributed by atoms with Crippen molar-refractivity contribution in [3.05, 3.63) is 35.9 Å². The summed E-state index contributed by atoms with van der Waals surface area (Å²) in [4.78, 5) is 14.7. The molecule has 2 rings (SSSR count). The van der Waals surface area contributed by atoms with Crippen LogP contribution in [0, 0.1) is 5.41 Å². The van der Waals surface area contributed by atoms with Crippen LogP contribution in [0.15, 0.2) is 30.3 Å². The molecule has 19 heavy (non-hydrogen) atoms. The van der Waals surface area contributed by atoms with Crippen LogP contribution in [-0.4, -0.2) is 23.9 Å². The summed E-state index contributed by atoms with van der Waals surface area (Å²) in [7, 11) is 0. The molecule has 0 atom stereocenters. The number of amides is 1. The highest BCUT2D eigenvalue weighted by Crippen LogP contribution is 2.39. The van der Waals surface area contributed by atoms with Crippen LogP contribution >= 0.6 is 0 Å². The number of nitrogens with two attached hydrogens (primary N) is 1. The Hall–Kier alpha value is -1.35. The van der Waals surface area contributed by atoms with Gasteiger partial charge in [-0.25, -0.2) is 0 Å². The molecule has 1 aliphatic rings. The molecule has 1 saturated carbocycles. The van der Waals surface area contributed by atoms with Crippen LogP contribution in [0.25, 0.3) is 0 Å². The molecular weight excluding hydrogens is 236 g/mol. The van der Waals surface area contributed by atoms with Crippen LogP contribution in [0.3, 0.4) is 0 Å². The van der Waals surface area contributed by atoms with E-state index in [1.54, 1.807) is 0 Å². The lowest BCUT2D eigenvalue weighted by molar-refractivity contribution is -0.141. The minimum absolute atomic E-state index is 0.163. The van der Waals surface area contributed by atoms with Crippen molar-refractivity contribution in [2.75, 3.05) is 13.1 Å². The maximum atomic E-state index is 12.7. The Kier molecular flexibility index (Phi) is 4.59. The van der Waals surface area contributed by atoms with Crippen LogP contribution in [-0.2, 0) is 11.3 Å². The molecule has 0 heterocycles. The number of hydrogen-bond donors (Lipinski definition) is 1. The Morgan fingerprint density at radius 1 is 1.26 bits per heavy atom. The fourth-order valence-electron chi connectivity index (χ4n) is 2.96. The Morgan fingerprint density at radius 2 is 1.89 bits per heavy atom. The Bertz CT molecular complexity index is 410. The van der Waals surface area contributed by atoms with Crippen LogP contribution in [0.4, 0.5) is 0 Å². The zero-order valence-corrected chi connectivity index (χ0v) is 11.8. The van der Waals surface area contributed by atoms with Gasteiger partial charge < -0.3 is 10.6 Å². The molecule has 1 amide bonds. The largest absolute Gasteiger partial charge is 0.337 e. The van der Waals surface area contributed by atoms with Crippen molar-refractivity contribution >= 4 is 5.91 Å². The topological polar surface area (TPSA) is 46.3 Å². The third-order valence-electron chi connectivity index (χ3n) is 4.13. The van der Waals surface area contributed by atoms with Gasteiger partial charge in [0.1, 0.15) is 0 Å². The van der Waals surface area contributed by atoms with E-state index in [0.717, 1.165) is 12.8 Å². The lowest BCUT2D eigenvalue weighted by Gasteiger charge is -2.31. The molecule has 0 spiro atoms. The highest BCUT2D eigenvalue weighted by atomic mass is 16.2. The first-order valence-corrected chi connectivity index (χ1v) is 7.19. The first-order valence-electron chi connectivity index (χ1n) is 7.19. The Balaban J connectivity index is 2.09. The van der Waals surface area contributed by atoms with Crippen molar-refractivity contribution in [1.82, 2.24) is 4.90 Å². The van der Waals surface area contributed by atoms with E-state index in [9.17, 15) is 4.79 Å². The van der Waals surface area contributed by atoms with E-state index in [0.29, 0.717) is 19.6 Å². The quantitative estimate of drug-likeness (QED) is 0.884. The summed E-state index contributed by atoms with van der Waals surface area (Å²) in [5.41, 5.74) is 6.68. The monoisotopic (exact) mass is 260 g/mol. The number of nitrogens with zero attached hydrogens (tertiary/aromatic N) is 1. The van der Waals surface area contributed by atoms with Crippen molar-refractivity contribution in [3.8, 4) is 0 Å². The highest BCUT2D eigenvalue weighted by molar-refractivity contribution is 5.82. The molecule has 3 heteroatoms. The SMILES string of the molecule is CC1(C(=O)N(CCN)Cc2ccccc2)CCCC1. The maximum Gasteiger partial charge on any atom is 0.228 e. The van der Waals surface area contributed by atoms with Gasteiger partial charge in [0.05, 0.1) is 0 Å². The molecule has 1 aromatic carbocycles. The average Bonchev–Trinajstić information content (AvgIpc) is 2.87. The molecule has 1 fully saturated rings. The second-order valence-corrected chi connectivity index (χ2v) is 5.77. The molecule has 1 aromatic rings. The summed E-state index contributed by atoms with van der Waals surface area (Å²) in [6.45, 7) is 3.95. The van der Waals surface area contributed by atoms with Crippen molar-refractivity contribution in [2.24, 2.45) is 11.1 Å². The molecule has 1 aliphatic carbocycles. The van der Waals surface area contributed by atoms with Crippen LogP contribution in [0.5, 0.6) is 0 Å². The van der Waals surface area contributed by atoms with Gasteiger partial charge in [0.25, 0.3) is 0 Å². The molecule has 3 nitrogen and oxygen atoms in total. The van der Waals surface area contributed by atoms with E-state index < -0.39 is 0 Å². The minimum atomic E-state index is -0.163. The van der Waals surface area contributed by atoms with Crippen LogP contribution in [0.2, 0.25) is 0 Å². The lowest BCUT2D eigenvalue weighted by Crippen LogP contribution is -2.43. The summed E-state index contributed by atoms with van der Waals surface area (Å²) < 4.78 is 0. The Morgan fingerprint density at radius 3 is 2.47 bits per heavy atom. The summed E-state index contributed by atoms with van der Waals surface area (Å²) in [5, 5.41) is 0. The summed E-state index contributed by atoms with van der Waals surface area (Å²) in [5.74, 6) is 0.277. The van der Waals surface area contributed by atoms with Gasteiger partial charge in [0, 0.05) is 25.0 Å². The normalized spacial score (nSPS) is 17.4. The van der Waals surface area contributed by atoms with Crippen LogP contribution < -0.4 is 5.73 Å². The molecular formula is C16H24N2O. The van der Waals surface area contributed by atoms with Crippen molar-refractivity contribution in [2.45, 2.75) is 39.2 Å². The second-order valence-electron chi connectivity index (χ2n) is 5.77. The van der Waals surface area contributed by atoms with Gasteiger partial charge in [-0.15, -0.1) is 0 Å². The molecule has 2 N–H and O–H groups in total. The molecule has 0 radical (unpaired) electrons. The third kappa shape index (κ3) is 3.35. The molecule has 0 bridgehead atoms. The number of carbonyl (C=O) groups excluding carboxylic acids is 1. The van der Waals surface area contributed by atoms with E-state index in [2.05, 4.69) is 19.1 Å². The van der Waals surface area contributed by atoms with Gasteiger partial charge in [-0.3, -0.25) is 4.79 Å². The number of carbonyl (C=O) groups is 1. The third-order valence-corrected chi connectivity index (χ3v) is 4.13. The van der Waals surface area contributed by atoms with Gasteiger partial charge in [-0.1, -0.05) is 50.1 Å². The van der Waals surface area contributed by atoms with E-state index in [-0.39, 0.29) is 11.3 Å². The molecule has 0 aromatic heterocycles. The molecule has 0 saturated heterocycles. The predicted molar refractivity (Wildman–Crippen MR) is 77.5 cm³/mol. The summed E-state index contributed by atoms with van der Waals surface area (Å²) in [6.07, 6.45) is 4.37. The summed E-state index contributed by atoms with van der Waals surface area (Å²) in [6, 6.07) is 10.1. The number of hydrogen-bond acceptors (Lipinski definition) is 2. The second kappa shape index (κ2) is 6.20. The van der Waals surface area contributed by atoms with Crippen molar-refractivity contribution < 1.29 is 4.79 Å². The first kappa shape index (κ1) is 14.1. The predicted octanol–water partition coefficient (Wildman–Crippen LogP) is 2.55. The van der Waals surface area contributed by atoms with E-state index in [1.165, 1.54) is 18.4 Å². The van der Waals surface area contributed by atoms with E-state index in [4.69, 9.17) is 5.73 Å². The highest BCUT2D eigenvalue weighted by Gasteiger charge is 2.38. The van der Waals surface area contributed by atoms with Gasteiger partial charge in [0.15, 0.2) is 0 Å². The number of benzene rings is 1. The fourth-order valence-corrected chi connectivity index (χ4v) is 2.96. The smallest absolute Gasteiger partial charge is 0.228 e. The Labute approximate surface area is 115 Å². The zero-order valence-electron chi connectivity index (χ0n) is 11.8. The molecule has 0 unspecified atom stereocenters. The molecule has 0 aliphatic heterocycles. The maximum absolute atomic E-state index is 12.7. The van der Waals surface area contributed by atoms with Gasteiger partial charge in [0.2, 0.25) is 5.91 Å². The average molecular weight is 260 g/mol. The van der Waals surface area contributed by atoms with Crippen LogP contribution in [0.1, 0.15) is 38.2 Å². The van der Waals surface area contributed by atoms with Crippen molar-refractivity contribution in [1.29, 1.82) is 0 Å². The van der Waals surface area contributed by atoms with Gasteiger partial charge in [-0.05, 0) is 18.4 Å². The zero-order chi connectivity index (χ0) is 13.7. The van der Waals surface area contributed by atoms with E-state index in [1.807, 2.05) is 23.1 Å². The summed E-state index contributed by atoms with van der Waals surface area (Å²) >= 11 is 0. The minimum Gasteiger partial charge on any atom is -0.337 e.